The summed E-state index contributed by atoms with van der Waals surface area (Å²) < 4.78 is 0. The fourth-order valence-electron chi connectivity index (χ4n) is 2.13. The van der Waals surface area contributed by atoms with Crippen LogP contribution in [0.2, 0.25) is 0 Å². The van der Waals surface area contributed by atoms with E-state index >= 15 is 0 Å². The van der Waals surface area contributed by atoms with E-state index in [9.17, 15) is 4.79 Å². The molecule has 0 aliphatic heterocycles. The van der Waals surface area contributed by atoms with Crippen LogP contribution < -0.4 is 5.48 Å². The van der Waals surface area contributed by atoms with Gasteiger partial charge in [-0.05, 0) is 31.4 Å². The van der Waals surface area contributed by atoms with E-state index in [-0.39, 0.29) is 12.0 Å². The highest BCUT2D eigenvalue weighted by Gasteiger charge is 2.16. The van der Waals surface area contributed by atoms with Crippen molar-refractivity contribution in [3.8, 4) is 0 Å². The highest BCUT2D eigenvalue weighted by molar-refractivity contribution is 5.90. The fourth-order valence-corrected chi connectivity index (χ4v) is 2.13. The summed E-state index contributed by atoms with van der Waals surface area (Å²) in [5.41, 5.74) is 4.68. The number of amides is 1. The van der Waals surface area contributed by atoms with E-state index in [2.05, 4.69) is 5.48 Å². The van der Waals surface area contributed by atoms with Crippen molar-refractivity contribution >= 4 is 12.0 Å². The Hall–Kier alpha value is -1.61. The largest absolute Gasteiger partial charge is 0.270 e. The standard InChI is InChI=1S/C15H19NO2/c1-12-5-4-6-13(11-12)9-10-15(17)16-18-14-7-2-3-8-14/h4-6,9-11,14H,2-3,7-8H2,1H3,(H,16,17)/b10-9+. The molecule has 1 aliphatic rings. The minimum absolute atomic E-state index is 0.196. The molecule has 1 saturated carbocycles. The van der Waals surface area contributed by atoms with E-state index < -0.39 is 0 Å². The van der Waals surface area contributed by atoms with E-state index in [1.807, 2.05) is 31.2 Å². The van der Waals surface area contributed by atoms with E-state index in [1.165, 1.54) is 24.5 Å². The third kappa shape index (κ3) is 4.00. The number of hydrogen-bond donors (Lipinski definition) is 1. The van der Waals surface area contributed by atoms with E-state index in [4.69, 9.17) is 4.84 Å². The first-order chi connectivity index (χ1) is 8.74. The maximum absolute atomic E-state index is 11.5. The lowest BCUT2D eigenvalue weighted by Gasteiger charge is -2.09. The van der Waals surface area contributed by atoms with Gasteiger partial charge in [0.25, 0.3) is 5.91 Å². The SMILES string of the molecule is Cc1cccc(/C=C/C(=O)NOC2CCCC2)c1. The van der Waals surface area contributed by atoms with Crippen LogP contribution in [0.1, 0.15) is 36.8 Å². The zero-order valence-electron chi connectivity index (χ0n) is 10.7. The van der Waals surface area contributed by atoms with Crippen molar-refractivity contribution in [1.82, 2.24) is 5.48 Å². The van der Waals surface area contributed by atoms with Crippen LogP contribution in [0.15, 0.2) is 30.3 Å². The summed E-state index contributed by atoms with van der Waals surface area (Å²) in [4.78, 5) is 16.9. The number of aryl methyl sites for hydroxylation is 1. The molecule has 1 amide bonds. The van der Waals surface area contributed by atoms with Gasteiger partial charge in [-0.25, -0.2) is 5.48 Å². The van der Waals surface area contributed by atoms with Crippen LogP contribution in [0.3, 0.4) is 0 Å². The van der Waals surface area contributed by atoms with E-state index in [0.29, 0.717) is 0 Å². The number of rotatable bonds is 4. The molecule has 0 aromatic heterocycles. The zero-order chi connectivity index (χ0) is 12.8. The molecule has 1 fully saturated rings. The zero-order valence-corrected chi connectivity index (χ0v) is 10.7. The van der Waals surface area contributed by atoms with Gasteiger partial charge in [0.15, 0.2) is 0 Å². The van der Waals surface area contributed by atoms with Crippen LogP contribution in [0.4, 0.5) is 0 Å². The lowest BCUT2D eigenvalue weighted by molar-refractivity contribution is -0.132. The van der Waals surface area contributed by atoms with Gasteiger partial charge in [0.05, 0.1) is 6.10 Å². The molecule has 3 heteroatoms. The normalized spacial score (nSPS) is 16.3. The van der Waals surface area contributed by atoms with Crippen LogP contribution in [0, 0.1) is 6.92 Å². The molecule has 1 aromatic rings. The summed E-state index contributed by atoms with van der Waals surface area (Å²) in [6, 6.07) is 8.00. The molecular formula is C15H19NO2. The fraction of sp³-hybridized carbons (Fsp3) is 0.400. The predicted octanol–water partition coefficient (Wildman–Crippen LogP) is 3.00. The summed E-state index contributed by atoms with van der Waals surface area (Å²) in [6.07, 6.45) is 7.97. The minimum atomic E-state index is -0.205. The second-order valence-corrected chi connectivity index (χ2v) is 4.74. The molecule has 3 nitrogen and oxygen atoms in total. The molecule has 18 heavy (non-hydrogen) atoms. The molecule has 1 aliphatic carbocycles. The number of carbonyl (C=O) groups excluding carboxylic acids is 1. The van der Waals surface area contributed by atoms with Gasteiger partial charge in [-0.3, -0.25) is 9.63 Å². The van der Waals surface area contributed by atoms with Gasteiger partial charge in [-0.15, -0.1) is 0 Å². The second-order valence-electron chi connectivity index (χ2n) is 4.74. The van der Waals surface area contributed by atoms with Crippen molar-refractivity contribution in [2.75, 3.05) is 0 Å². The number of hydrogen-bond acceptors (Lipinski definition) is 2. The minimum Gasteiger partial charge on any atom is -0.270 e. The van der Waals surface area contributed by atoms with Crippen LogP contribution in [-0.2, 0) is 9.63 Å². The van der Waals surface area contributed by atoms with Gasteiger partial charge in [-0.1, -0.05) is 42.7 Å². The third-order valence-electron chi connectivity index (χ3n) is 3.10. The Labute approximate surface area is 108 Å². The average Bonchev–Trinajstić information content (AvgIpc) is 2.87. The Kier molecular flexibility index (Phi) is 4.53. The maximum Gasteiger partial charge on any atom is 0.267 e. The highest BCUT2D eigenvalue weighted by atomic mass is 16.7. The van der Waals surface area contributed by atoms with E-state index in [1.54, 1.807) is 6.08 Å². The van der Waals surface area contributed by atoms with Crippen LogP contribution in [-0.4, -0.2) is 12.0 Å². The third-order valence-corrected chi connectivity index (χ3v) is 3.10. The first-order valence-corrected chi connectivity index (χ1v) is 6.44. The van der Waals surface area contributed by atoms with Crippen molar-refractivity contribution in [3.05, 3.63) is 41.5 Å². The van der Waals surface area contributed by atoms with Gasteiger partial charge in [0.2, 0.25) is 0 Å². The Bertz CT molecular complexity index is 434. The molecule has 0 atom stereocenters. The number of benzene rings is 1. The summed E-state index contributed by atoms with van der Waals surface area (Å²) in [5, 5.41) is 0. The average molecular weight is 245 g/mol. The van der Waals surface area contributed by atoms with E-state index in [0.717, 1.165) is 18.4 Å². The molecule has 0 heterocycles. The molecule has 1 N–H and O–H groups in total. The maximum atomic E-state index is 11.5. The monoisotopic (exact) mass is 245 g/mol. The summed E-state index contributed by atoms with van der Waals surface area (Å²) in [5.74, 6) is -0.205. The smallest absolute Gasteiger partial charge is 0.267 e. The van der Waals surface area contributed by atoms with Crippen molar-refractivity contribution < 1.29 is 9.63 Å². The molecule has 0 radical (unpaired) electrons. The van der Waals surface area contributed by atoms with Crippen molar-refractivity contribution in [2.24, 2.45) is 0 Å². The molecule has 0 unspecified atom stereocenters. The Morgan fingerprint density at radius 3 is 2.89 bits per heavy atom. The number of carbonyl (C=O) groups is 1. The van der Waals surface area contributed by atoms with Crippen LogP contribution >= 0.6 is 0 Å². The topological polar surface area (TPSA) is 38.3 Å². The second kappa shape index (κ2) is 6.36. The highest BCUT2D eigenvalue weighted by Crippen LogP contribution is 2.19. The van der Waals surface area contributed by atoms with Crippen LogP contribution in [0.25, 0.3) is 6.08 Å². The van der Waals surface area contributed by atoms with Crippen molar-refractivity contribution in [2.45, 2.75) is 38.7 Å². The first-order valence-electron chi connectivity index (χ1n) is 6.44. The number of nitrogens with one attached hydrogen (secondary N) is 1. The van der Waals surface area contributed by atoms with Crippen molar-refractivity contribution in [1.29, 1.82) is 0 Å². The van der Waals surface area contributed by atoms with Gasteiger partial charge < -0.3 is 0 Å². The molecule has 2 rings (SSSR count). The molecule has 0 spiro atoms. The Morgan fingerprint density at radius 2 is 2.17 bits per heavy atom. The Morgan fingerprint density at radius 1 is 1.39 bits per heavy atom. The predicted molar refractivity (Wildman–Crippen MR) is 71.7 cm³/mol. The molecule has 1 aromatic carbocycles. The summed E-state index contributed by atoms with van der Waals surface area (Å²) in [6.45, 7) is 2.03. The van der Waals surface area contributed by atoms with Crippen LogP contribution in [0.5, 0.6) is 0 Å². The van der Waals surface area contributed by atoms with Gasteiger partial charge in [0.1, 0.15) is 0 Å². The summed E-state index contributed by atoms with van der Waals surface area (Å²) >= 11 is 0. The van der Waals surface area contributed by atoms with Crippen molar-refractivity contribution in [3.63, 3.8) is 0 Å². The quantitative estimate of drug-likeness (QED) is 0.654. The molecule has 96 valence electrons. The van der Waals surface area contributed by atoms with Gasteiger partial charge >= 0.3 is 0 Å². The first kappa shape index (κ1) is 12.8. The molecular weight excluding hydrogens is 226 g/mol. The molecule has 0 bridgehead atoms. The van der Waals surface area contributed by atoms with Gasteiger partial charge in [0, 0.05) is 6.08 Å². The lowest BCUT2D eigenvalue weighted by atomic mass is 10.1. The number of hydroxylamine groups is 1. The lowest BCUT2D eigenvalue weighted by Crippen LogP contribution is -2.26. The Balaban J connectivity index is 1.79. The summed E-state index contributed by atoms with van der Waals surface area (Å²) in [7, 11) is 0. The molecule has 0 saturated heterocycles. The van der Waals surface area contributed by atoms with Gasteiger partial charge in [-0.2, -0.15) is 0 Å².